The minimum atomic E-state index is -1.06. The van der Waals surface area contributed by atoms with Gasteiger partial charge in [0, 0.05) is 47.5 Å². The molecule has 0 amide bonds. The van der Waals surface area contributed by atoms with Crippen molar-refractivity contribution in [2.24, 2.45) is 0 Å². The molecule has 0 aromatic heterocycles. The Morgan fingerprint density at radius 3 is 2.64 bits per heavy atom. The molecule has 2 heterocycles. The third kappa shape index (κ3) is 2.22. The maximum absolute atomic E-state index is 12.8. The second kappa shape index (κ2) is 5.61. The van der Waals surface area contributed by atoms with E-state index in [0.29, 0.717) is 0 Å². The molecular weight excluding hydrogens is 294 g/mol. The highest BCUT2D eigenvalue weighted by Crippen LogP contribution is 2.38. The topological polar surface area (TPSA) is 35.5 Å². The van der Waals surface area contributed by atoms with Gasteiger partial charge in [0.25, 0.3) is 0 Å². The number of rotatable bonds is 1. The van der Waals surface area contributed by atoms with Crippen molar-refractivity contribution >= 4 is 16.9 Å². The third-order valence-corrected chi connectivity index (χ3v) is 6.20. The molecule has 2 aliphatic rings. The van der Waals surface area contributed by atoms with Gasteiger partial charge in [-0.25, -0.2) is 0 Å². The second-order valence-corrected chi connectivity index (χ2v) is 7.26. The molecule has 4 heteroatoms. The summed E-state index contributed by atoms with van der Waals surface area (Å²) in [5.41, 5.74) is 4.96. The summed E-state index contributed by atoms with van der Waals surface area (Å²) in [4.78, 5) is 4.32. The normalized spacial score (nSPS) is 20.5. The monoisotopic (exact) mass is 313 g/mol. The Labute approximate surface area is 134 Å². The number of ether oxygens (including phenoxy) is 1. The average molecular weight is 313 g/mol. The Hall–Kier alpha value is -1.49. The minimum absolute atomic E-state index is 0.783. The van der Waals surface area contributed by atoms with E-state index in [2.05, 4.69) is 30.0 Å². The highest BCUT2D eigenvalue weighted by molar-refractivity contribution is 7.91. The Morgan fingerprint density at radius 1 is 1.05 bits per heavy atom. The van der Waals surface area contributed by atoms with Crippen molar-refractivity contribution in [2.75, 3.05) is 31.2 Å². The standard InChI is InChI=1S/C18H19NO2S/c1-13-15-12-14-4-2-3-5-17(14)22(20)18(15)7-6-16(13)19-8-10-21-11-9-19/h2-7H,8-12H2,1H3. The lowest BCUT2D eigenvalue weighted by atomic mass is 9.98. The summed E-state index contributed by atoms with van der Waals surface area (Å²) >= 11 is -1.06. The number of nitrogens with zero attached hydrogens (tertiary/aromatic N) is 1. The van der Waals surface area contributed by atoms with Gasteiger partial charge < -0.3 is 14.2 Å². The first-order valence-electron chi connectivity index (χ1n) is 7.70. The fourth-order valence-corrected chi connectivity index (χ4v) is 4.86. The van der Waals surface area contributed by atoms with Crippen molar-refractivity contribution in [1.29, 1.82) is 0 Å². The van der Waals surface area contributed by atoms with Crippen LogP contribution in [0, 0.1) is 6.92 Å². The predicted octanol–water partition coefficient (Wildman–Crippen LogP) is 2.90. The minimum Gasteiger partial charge on any atom is -0.606 e. The molecule has 0 aliphatic carbocycles. The second-order valence-electron chi connectivity index (χ2n) is 5.84. The van der Waals surface area contributed by atoms with Crippen LogP contribution in [0.15, 0.2) is 46.2 Å². The van der Waals surface area contributed by atoms with Gasteiger partial charge in [0.1, 0.15) is 0 Å². The number of fused-ring (bicyclic) bond motifs is 2. The highest BCUT2D eigenvalue weighted by Gasteiger charge is 2.30. The Kier molecular flexibility index (Phi) is 3.60. The molecule has 0 saturated carbocycles. The lowest BCUT2D eigenvalue weighted by Crippen LogP contribution is -2.37. The highest BCUT2D eigenvalue weighted by atomic mass is 32.2. The molecule has 2 aromatic rings. The van der Waals surface area contributed by atoms with Crippen molar-refractivity contribution in [1.82, 2.24) is 0 Å². The van der Waals surface area contributed by atoms with Crippen LogP contribution in [0.1, 0.15) is 16.7 Å². The molecule has 3 nitrogen and oxygen atoms in total. The molecule has 4 rings (SSSR count). The van der Waals surface area contributed by atoms with E-state index in [-0.39, 0.29) is 0 Å². The lowest BCUT2D eigenvalue weighted by Gasteiger charge is -2.32. The number of benzene rings is 2. The van der Waals surface area contributed by atoms with Crippen molar-refractivity contribution in [3.05, 3.63) is 53.1 Å². The Morgan fingerprint density at radius 2 is 1.82 bits per heavy atom. The van der Waals surface area contributed by atoms with E-state index in [1.807, 2.05) is 18.2 Å². The van der Waals surface area contributed by atoms with Gasteiger partial charge in [0.15, 0.2) is 9.79 Å². The van der Waals surface area contributed by atoms with Crippen LogP contribution in [0.25, 0.3) is 0 Å². The predicted molar refractivity (Wildman–Crippen MR) is 88.1 cm³/mol. The Bertz CT molecular complexity index is 710. The molecule has 22 heavy (non-hydrogen) atoms. The molecule has 1 fully saturated rings. The molecule has 0 N–H and O–H groups in total. The largest absolute Gasteiger partial charge is 0.606 e. The quantitative estimate of drug-likeness (QED) is 0.760. The summed E-state index contributed by atoms with van der Waals surface area (Å²) in [7, 11) is 0. The van der Waals surface area contributed by atoms with Gasteiger partial charge in [-0.1, -0.05) is 18.2 Å². The molecule has 2 aliphatic heterocycles. The van der Waals surface area contributed by atoms with Gasteiger partial charge in [0.2, 0.25) is 0 Å². The number of hydrogen-bond donors (Lipinski definition) is 0. The summed E-state index contributed by atoms with van der Waals surface area (Å²) in [5.74, 6) is 0. The van der Waals surface area contributed by atoms with Crippen LogP contribution in [0.3, 0.4) is 0 Å². The molecular formula is C18H19NO2S. The van der Waals surface area contributed by atoms with Gasteiger partial charge in [-0.15, -0.1) is 0 Å². The fraction of sp³-hybridized carbons (Fsp3) is 0.333. The molecule has 0 bridgehead atoms. The van der Waals surface area contributed by atoms with E-state index in [9.17, 15) is 4.55 Å². The van der Waals surface area contributed by atoms with E-state index >= 15 is 0 Å². The van der Waals surface area contributed by atoms with E-state index in [1.165, 1.54) is 22.4 Å². The molecule has 0 radical (unpaired) electrons. The fourth-order valence-electron chi connectivity index (χ4n) is 3.40. The maximum Gasteiger partial charge on any atom is 0.162 e. The molecule has 1 saturated heterocycles. The van der Waals surface area contributed by atoms with Gasteiger partial charge in [-0.2, -0.15) is 0 Å². The van der Waals surface area contributed by atoms with Crippen LogP contribution in [-0.2, 0) is 22.3 Å². The van der Waals surface area contributed by atoms with E-state index in [1.54, 1.807) is 0 Å². The van der Waals surface area contributed by atoms with Crippen molar-refractivity contribution in [3.8, 4) is 0 Å². The van der Waals surface area contributed by atoms with Gasteiger partial charge >= 0.3 is 0 Å². The van der Waals surface area contributed by atoms with Crippen LogP contribution in [0.5, 0.6) is 0 Å². The Balaban J connectivity index is 1.77. The zero-order valence-corrected chi connectivity index (χ0v) is 13.5. The summed E-state index contributed by atoms with van der Waals surface area (Å²) in [6.07, 6.45) is 0.876. The van der Waals surface area contributed by atoms with Gasteiger partial charge in [0.05, 0.1) is 13.2 Å². The third-order valence-electron chi connectivity index (χ3n) is 4.62. The van der Waals surface area contributed by atoms with Crippen LogP contribution in [0.4, 0.5) is 5.69 Å². The summed E-state index contributed by atoms with van der Waals surface area (Å²) in [6.45, 7) is 5.59. The summed E-state index contributed by atoms with van der Waals surface area (Å²) in [5, 5.41) is 0. The van der Waals surface area contributed by atoms with Gasteiger partial charge in [-0.3, -0.25) is 0 Å². The van der Waals surface area contributed by atoms with Crippen molar-refractivity contribution in [2.45, 2.75) is 23.1 Å². The maximum atomic E-state index is 12.8. The number of hydrogen-bond acceptors (Lipinski definition) is 3. The SMILES string of the molecule is Cc1c(N2CCOCC2)ccc2c1Cc1ccccc1[S+]2[O-]. The van der Waals surface area contributed by atoms with Crippen LogP contribution < -0.4 is 4.90 Å². The molecule has 1 unspecified atom stereocenters. The smallest absolute Gasteiger partial charge is 0.162 e. The van der Waals surface area contributed by atoms with Crippen molar-refractivity contribution < 1.29 is 9.29 Å². The van der Waals surface area contributed by atoms with E-state index in [4.69, 9.17) is 4.74 Å². The molecule has 1 atom stereocenters. The first kappa shape index (κ1) is 14.1. The molecule has 114 valence electrons. The summed E-state index contributed by atoms with van der Waals surface area (Å²) in [6, 6.07) is 12.3. The van der Waals surface area contributed by atoms with E-state index in [0.717, 1.165) is 42.5 Å². The first-order chi connectivity index (χ1) is 10.8. The number of morpholine rings is 1. The van der Waals surface area contributed by atoms with Crippen LogP contribution in [-0.4, -0.2) is 30.9 Å². The lowest BCUT2D eigenvalue weighted by molar-refractivity contribution is 0.122. The first-order valence-corrected chi connectivity index (χ1v) is 8.85. The zero-order chi connectivity index (χ0) is 15.1. The van der Waals surface area contributed by atoms with Gasteiger partial charge in [-0.05, 0) is 30.7 Å². The van der Waals surface area contributed by atoms with Crippen LogP contribution in [0.2, 0.25) is 0 Å². The average Bonchev–Trinajstić information content (AvgIpc) is 2.57. The molecule has 0 spiro atoms. The molecule has 2 aromatic carbocycles. The zero-order valence-electron chi connectivity index (χ0n) is 12.7. The van der Waals surface area contributed by atoms with E-state index < -0.39 is 11.2 Å². The van der Waals surface area contributed by atoms with Crippen molar-refractivity contribution in [3.63, 3.8) is 0 Å². The number of anilines is 1. The summed E-state index contributed by atoms with van der Waals surface area (Å²) < 4.78 is 18.3. The van der Waals surface area contributed by atoms with Crippen LogP contribution >= 0.6 is 0 Å².